The summed E-state index contributed by atoms with van der Waals surface area (Å²) in [5, 5.41) is 0.298. The quantitative estimate of drug-likeness (QED) is 0.178. The Morgan fingerprint density at radius 1 is 0.922 bits per heavy atom. The molecule has 0 unspecified atom stereocenters. The number of fused-ring (bicyclic) bond motifs is 1. The third-order valence-corrected chi connectivity index (χ3v) is 23.8. The Bertz CT molecular complexity index is 1540. The Balaban J connectivity index is 1.34. The predicted octanol–water partition coefficient (Wildman–Crippen LogP) is 13.0. The first-order chi connectivity index (χ1) is 23.5. The van der Waals surface area contributed by atoms with Gasteiger partial charge in [-0.1, -0.05) is 116 Å². The molecule has 4 aliphatic carbocycles. The average Bonchev–Trinajstić information content (AvgIpc) is 3.75. The van der Waals surface area contributed by atoms with Crippen LogP contribution in [0.1, 0.15) is 124 Å². The highest BCUT2D eigenvalue weighted by Crippen LogP contribution is 2.60. The molecule has 0 aliphatic heterocycles. The first-order valence-corrected chi connectivity index (χ1v) is 26.1. The molecule has 1 aromatic rings. The maximum Gasteiger partial charge on any atom is 0.192 e. The van der Waals surface area contributed by atoms with Crippen molar-refractivity contribution >= 4 is 22.4 Å². The molecule has 5 heteroatoms. The van der Waals surface area contributed by atoms with E-state index in [0.717, 1.165) is 31.3 Å². The lowest BCUT2D eigenvalue weighted by Gasteiger charge is -2.45. The zero-order chi connectivity index (χ0) is 37.8. The van der Waals surface area contributed by atoms with Crippen molar-refractivity contribution in [1.29, 1.82) is 0 Å². The predicted molar refractivity (Wildman–Crippen MR) is 222 cm³/mol. The van der Waals surface area contributed by atoms with Crippen LogP contribution in [-0.2, 0) is 19.1 Å². The molecule has 5 rings (SSSR count). The standard InChI is InChI=1S/C46H72O3Si2/c1-32-17-22-37(23-18-32)46(28-29-46)42(47)26-19-33(2)39-24-25-40-35(16-15-27-45(39,40)10)20-21-36-30-38(48-50(11,12)43(4,5)6)31-41(34(36)3)49-51(13,14)44(7,8)9/h17-23,26,33,38-41H,3,15-16,24-25,27-31H2,1-2,4-14H3/b26-19+,35-20+,36-21-/t33-,38-,39-,40+,41+,45-/m1/s1. The third-order valence-electron chi connectivity index (χ3n) is 14.8. The molecule has 0 saturated heterocycles. The zero-order valence-corrected chi connectivity index (χ0v) is 36.8. The van der Waals surface area contributed by atoms with Crippen LogP contribution in [0.5, 0.6) is 0 Å². The van der Waals surface area contributed by atoms with Crippen LogP contribution < -0.4 is 0 Å². The fourth-order valence-corrected chi connectivity index (χ4v) is 11.8. The van der Waals surface area contributed by atoms with E-state index in [9.17, 15) is 4.79 Å². The largest absolute Gasteiger partial charge is 0.413 e. The van der Waals surface area contributed by atoms with E-state index < -0.39 is 16.6 Å². The van der Waals surface area contributed by atoms with Gasteiger partial charge < -0.3 is 8.85 Å². The fraction of sp³-hybridized carbons (Fsp3) is 0.674. The Hall–Kier alpha value is -1.80. The molecule has 0 spiro atoms. The monoisotopic (exact) mass is 729 g/mol. The van der Waals surface area contributed by atoms with Gasteiger partial charge >= 0.3 is 0 Å². The van der Waals surface area contributed by atoms with Gasteiger partial charge in [-0.15, -0.1) is 0 Å². The van der Waals surface area contributed by atoms with Crippen LogP contribution in [-0.4, -0.2) is 34.6 Å². The van der Waals surface area contributed by atoms with Crippen LogP contribution in [0.3, 0.4) is 0 Å². The first kappa shape index (κ1) is 40.4. The average molecular weight is 729 g/mol. The topological polar surface area (TPSA) is 35.5 Å². The van der Waals surface area contributed by atoms with E-state index in [1.165, 1.54) is 48.8 Å². The number of carbonyl (C=O) groups excluding carboxylic acids is 1. The number of rotatable bonds is 10. The molecule has 3 nitrogen and oxygen atoms in total. The van der Waals surface area contributed by atoms with E-state index in [2.05, 4.69) is 131 Å². The summed E-state index contributed by atoms with van der Waals surface area (Å²) < 4.78 is 14.2. The summed E-state index contributed by atoms with van der Waals surface area (Å²) in [6, 6.07) is 8.62. The van der Waals surface area contributed by atoms with Gasteiger partial charge in [-0.2, -0.15) is 0 Å². The summed E-state index contributed by atoms with van der Waals surface area (Å²) in [6.45, 7) is 35.2. The molecule has 4 aliphatic rings. The van der Waals surface area contributed by atoms with Gasteiger partial charge in [0.25, 0.3) is 0 Å². The molecular weight excluding hydrogens is 657 g/mol. The molecule has 282 valence electrons. The van der Waals surface area contributed by atoms with Crippen molar-refractivity contribution in [3.8, 4) is 0 Å². The van der Waals surface area contributed by atoms with Crippen LogP contribution in [0.2, 0.25) is 36.3 Å². The van der Waals surface area contributed by atoms with Crippen LogP contribution >= 0.6 is 0 Å². The summed E-state index contributed by atoms with van der Waals surface area (Å²) in [7, 11) is -3.96. The molecule has 1 aromatic carbocycles. The molecular formula is C46H72O3Si2. The summed E-state index contributed by atoms with van der Waals surface area (Å²) in [5.41, 5.74) is 6.51. The molecule has 0 heterocycles. The second kappa shape index (κ2) is 14.5. The highest BCUT2D eigenvalue weighted by Gasteiger charge is 2.52. The van der Waals surface area contributed by atoms with E-state index in [1.807, 2.05) is 6.08 Å². The van der Waals surface area contributed by atoms with Gasteiger partial charge in [0.2, 0.25) is 0 Å². The zero-order valence-electron chi connectivity index (χ0n) is 34.8. The minimum Gasteiger partial charge on any atom is -0.413 e. The molecule has 0 aromatic heterocycles. The van der Waals surface area contributed by atoms with Crippen LogP contribution in [0, 0.1) is 30.1 Å². The van der Waals surface area contributed by atoms with Crippen LogP contribution in [0.15, 0.2) is 71.9 Å². The molecule has 4 saturated carbocycles. The van der Waals surface area contributed by atoms with Crippen molar-refractivity contribution in [3.63, 3.8) is 0 Å². The van der Waals surface area contributed by atoms with Crippen molar-refractivity contribution in [2.24, 2.45) is 23.2 Å². The lowest BCUT2D eigenvalue weighted by atomic mass is 9.61. The van der Waals surface area contributed by atoms with E-state index in [0.29, 0.717) is 23.5 Å². The van der Waals surface area contributed by atoms with Gasteiger partial charge in [0.1, 0.15) is 0 Å². The molecule has 4 fully saturated rings. The van der Waals surface area contributed by atoms with Gasteiger partial charge in [-0.05, 0) is 141 Å². The lowest BCUT2D eigenvalue weighted by molar-refractivity contribution is -0.116. The Morgan fingerprint density at radius 3 is 2.12 bits per heavy atom. The van der Waals surface area contributed by atoms with Crippen molar-refractivity contribution in [1.82, 2.24) is 0 Å². The van der Waals surface area contributed by atoms with Gasteiger partial charge in [-0.3, -0.25) is 4.79 Å². The summed E-state index contributed by atoms with van der Waals surface area (Å²) in [6.07, 6.45) is 19.2. The summed E-state index contributed by atoms with van der Waals surface area (Å²) in [4.78, 5) is 13.6. The number of ketones is 1. The minimum atomic E-state index is -2.00. The molecule has 0 N–H and O–H groups in total. The number of carbonyl (C=O) groups is 1. The minimum absolute atomic E-state index is 0.00248. The number of aryl methyl sites for hydroxylation is 1. The molecule has 6 atom stereocenters. The van der Waals surface area contributed by atoms with Gasteiger partial charge in [0, 0.05) is 6.42 Å². The highest BCUT2D eigenvalue weighted by atomic mass is 28.4. The lowest BCUT2D eigenvalue weighted by Crippen LogP contribution is -2.49. The van der Waals surface area contributed by atoms with E-state index >= 15 is 0 Å². The number of hydrogen-bond donors (Lipinski definition) is 0. The smallest absolute Gasteiger partial charge is 0.192 e. The van der Waals surface area contributed by atoms with Crippen molar-refractivity contribution in [2.45, 2.75) is 174 Å². The van der Waals surface area contributed by atoms with E-state index in [4.69, 9.17) is 15.4 Å². The molecule has 0 radical (unpaired) electrons. The van der Waals surface area contributed by atoms with Gasteiger partial charge in [0.15, 0.2) is 22.4 Å². The Morgan fingerprint density at radius 2 is 1.53 bits per heavy atom. The number of allylic oxidation sites excluding steroid dienone is 5. The van der Waals surface area contributed by atoms with E-state index in [1.54, 1.807) is 5.57 Å². The number of hydrogen-bond acceptors (Lipinski definition) is 3. The summed E-state index contributed by atoms with van der Waals surface area (Å²) in [5.74, 6) is 1.87. The third kappa shape index (κ3) is 8.32. The maximum absolute atomic E-state index is 13.6. The van der Waals surface area contributed by atoms with E-state index in [-0.39, 0.29) is 33.1 Å². The molecule has 0 bridgehead atoms. The fourth-order valence-electron chi connectivity index (χ4n) is 9.12. The van der Waals surface area contributed by atoms with Crippen LogP contribution in [0.4, 0.5) is 0 Å². The summed E-state index contributed by atoms with van der Waals surface area (Å²) >= 11 is 0. The maximum atomic E-state index is 13.6. The molecule has 0 amide bonds. The second-order valence-corrected chi connectivity index (χ2v) is 29.9. The normalized spacial score (nSPS) is 31.0. The number of benzene rings is 1. The van der Waals surface area contributed by atoms with Crippen LogP contribution in [0.25, 0.3) is 0 Å². The second-order valence-electron chi connectivity index (χ2n) is 20.4. The van der Waals surface area contributed by atoms with Crippen molar-refractivity contribution in [2.75, 3.05) is 0 Å². The SMILES string of the molecule is C=C1/C(=C\C=C2/CCC[C@]3(C)[C@@H]([C@H](C)/C=C/C(=O)C4(c5ccc(C)cc5)CC4)CC[C@@H]23)C[C@@H](O[Si](C)(C)C(C)(C)C)C[C@@H]1O[Si](C)(C)C(C)(C)C. The van der Waals surface area contributed by atoms with Gasteiger partial charge in [0.05, 0.1) is 17.6 Å². The Labute approximate surface area is 315 Å². The molecule has 51 heavy (non-hydrogen) atoms. The highest BCUT2D eigenvalue weighted by molar-refractivity contribution is 6.74. The van der Waals surface area contributed by atoms with Gasteiger partial charge in [-0.25, -0.2) is 0 Å². The first-order valence-electron chi connectivity index (χ1n) is 20.2. The van der Waals surface area contributed by atoms with Crippen molar-refractivity contribution in [3.05, 3.63) is 83.0 Å². The van der Waals surface area contributed by atoms with Crippen molar-refractivity contribution < 1.29 is 13.6 Å². The Kier molecular flexibility index (Phi) is 11.4.